The second kappa shape index (κ2) is 40.0. The van der Waals surface area contributed by atoms with Gasteiger partial charge in [0, 0.05) is 0 Å². The normalized spacial score (nSPS) is 13.9. The van der Waals surface area contributed by atoms with E-state index in [0.717, 1.165) is 44.9 Å². The molecule has 0 aliphatic rings. The van der Waals surface area contributed by atoms with Crippen molar-refractivity contribution in [3.63, 3.8) is 0 Å². The molecular formula is C46H89NO6S. The molecule has 7 nitrogen and oxygen atoms in total. The van der Waals surface area contributed by atoms with Crippen LogP contribution < -0.4 is 5.32 Å². The minimum atomic E-state index is -4.44. The minimum absolute atomic E-state index is 0.275. The molecule has 4 N–H and O–H groups in total. The van der Waals surface area contributed by atoms with Crippen LogP contribution in [0.2, 0.25) is 0 Å². The van der Waals surface area contributed by atoms with Crippen molar-refractivity contribution >= 4 is 16.0 Å². The van der Waals surface area contributed by atoms with Crippen molar-refractivity contribution < 1.29 is 28.0 Å². The van der Waals surface area contributed by atoms with Crippen molar-refractivity contribution in [3.05, 3.63) is 24.3 Å². The molecule has 54 heavy (non-hydrogen) atoms. The summed E-state index contributed by atoms with van der Waals surface area (Å²) in [5, 5.41) is 23.5. The fraction of sp³-hybridized carbons (Fsp3) is 0.891. The topological polar surface area (TPSA) is 124 Å². The number of carbonyl (C=O) groups is 1. The average Bonchev–Trinajstić information content (AvgIpc) is 3.14. The zero-order valence-electron chi connectivity index (χ0n) is 35.5. The lowest BCUT2D eigenvalue weighted by molar-refractivity contribution is -0.130. The van der Waals surface area contributed by atoms with E-state index in [2.05, 4.69) is 31.3 Å². The van der Waals surface area contributed by atoms with Crippen LogP contribution in [0.15, 0.2) is 24.3 Å². The molecule has 1 amide bonds. The van der Waals surface area contributed by atoms with Crippen LogP contribution in [0.1, 0.15) is 239 Å². The molecule has 0 aromatic heterocycles. The van der Waals surface area contributed by atoms with Gasteiger partial charge in [-0.05, 0) is 44.9 Å². The fourth-order valence-corrected chi connectivity index (χ4v) is 7.89. The first-order valence-electron chi connectivity index (χ1n) is 23.1. The van der Waals surface area contributed by atoms with Crippen LogP contribution in [0.25, 0.3) is 0 Å². The number of aliphatic hydroxyl groups excluding tert-OH is 2. The summed E-state index contributed by atoms with van der Waals surface area (Å²) < 4.78 is 32.6. The van der Waals surface area contributed by atoms with E-state index >= 15 is 0 Å². The second-order valence-electron chi connectivity index (χ2n) is 16.2. The summed E-state index contributed by atoms with van der Waals surface area (Å²) in [4.78, 5) is 12.6. The molecule has 0 aromatic carbocycles. The lowest BCUT2D eigenvalue weighted by Gasteiger charge is -2.22. The van der Waals surface area contributed by atoms with Gasteiger partial charge in [0.05, 0.1) is 17.9 Å². The van der Waals surface area contributed by atoms with Gasteiger partial charge in [0.2, 0.25) is 5.91 Å². The maximum Gasteiger partial charge on any atom is 0.267 e. The molecule has 0 saturated heterocycles. The first kappa shape index (κ1) is 52.8. The van der Waals surface area contributed by atoms with Gasteiger partial charge in [-0.25, -0.2) is 0 Å². The number of carbonyl (C=O) groups excluding carboxylic acids is 1. The Kier molecular flexibility index (Phi) is 39.1. The summed E-state index contributed by atoms with van der Waals surface area (Å²) in [6.07, 6.45) is 48.1. The van der Waals surface area contributed by atoms with Crippen LogP contribution in [0.4, 0.5) is 0 Å². The van der Waals surface area contributed by atoms with Crippen molar-refractivity contribution in [2.45, 2.75) is 257 Å². The van der Waals surface area contributed by atoms with Crippen LogP contribution >= 0.6 is 0 Å². The first-order valence-corrected chi connectivity index (χ1v) is 24.8. The summed E-state index contributed by atoms with van der Waals surface area (Å²) in [7, 11) is -4.44. The van der Waals surface area contributed by atoms with E-state index in [0.29, 0.717) is 6.42 Å². The van der Waals surface area contributed by atoms with Gasteiger partial charge in [-0.1, -0.05) is 218 Å². The predicted molar refractivity (Wildman–Crippen MR) is 232 cm³/mol. The number of allylic oxidation sites excluding steroid dienone is 3. The van der Waals surface area contributed by atoms with Gasteiger partial charge in [-0.3, -0.25) is 9.35 Å². The van der Waals surface area contributed by atoms with Crippen LogP contribution in [-0.4, -0.2) is 53.1 Å². The van der Waals surface area contributed by atoms with Crippen molar-refractivity contribution in [1.29, 1.82) is 0 Å². The standard InChI is InChI=1S/C46H89NO6S/c1-3-5-7-9-11-13-15-17-19-20-21-22-23-24-25-27-29-31-33-35-37-39-41-45(49)46(50)47-43(42-54(51,52)53)44(48)40-38-36-34-32-30-28-26-18-16-14-12-10-8-6-4-2/h24-25,38,40,43-45,48-49H,3-23,26-37,39,41-42H2,1-2H3,(H,47,50)(H,51,52,53)/b25-24-,40-38+. The van der Waals surface area contributed by atoms with E-state index < -0.39 is 40.0 Å². The molecule has 8 heteroatoms. The monoisotopic (exact) mass is 784 g/mol. The number of aliphatic hydroxyl groups is 2. The minimum Gasteiger partial charge on any atom is -0.387 e. The van der Waals surface area contributed by atoms with E-state index in [4.69, 9.17) is 0 Å². The maximum absolute atomic E-state index is 12.6. The van der Waals surface area contributed by atoms with E-state index in [1.165, 1.54) is 173 Å². The van der Waals surface area contributed by atoms with Crippen LogP contribution in [-0.2, 0) is 14.9 Å². The quantitative estimate of drug-likeness (QED) is 0.0278. The Morgan fingerprint density at radius 2 is 0.815 bits per heavy atom. The summed E-state index contributed by atoms with van der Waals surface area (Å²) in [5.74, 6) is -1.53. The SMILES string of the molecule is CCCCCCCCCCCCCC/C=C\CCCCCCCCC(O)C(=O)NC(CS(=O)(=O)O)C(O)/C=C/CCCCCCCCCCCCCCC. The maximum atomic E-state index is 12.6. The second-order valence-corrected chi connectivity index (χ2v) is 17.7. The molecule has 3 unspecified atom stereocenters. The number of hydrogen-bond acceptors (Lipinski definition) is 5. The van der Waals surface area contributed by atoms with Gasteiger partial charge in [-0.2, -0.15) is 8.42 Å². The zero-order chi connectivity index (χ0) is 39.8. The van der Waals surface area contributed by atoms with E-state index in [1.54, 1.807) is 6.08 Å². The molecule has 0 radical (unpaired) electrons. The number of unbranched alkanes of at least 4 members (excludes halogenated alkanes) is 31. The van der Waals surface area contributed by atoms with Crippen LogP contribution in [0.3, 0.4) is 0 Å². The molecular weight excluding hydrogens is 695 g/mol. The lowest BCUT2D eigenvalue weighted by Crippen LogP contribution is -2.50. The lowest BCUT2D eigenvalue weighted by atomic mass is 10.0. The molecule has 3 atom stereocenters. The molecule has 0 bridgehead atoms. The molecule has 320 valence electrons. The molecule has 0 fully saturated rings. The van der Waals surface area contributed by atoms with Gasteiger partial charge in [-0.15, -0.1) is 0 Å². The number of amides is 1. The molecule has 0 spiro atoms. The van der Waals surface area contributed by atoms with Crippen molar-refractivity contribution in [1.82, 2.24) is 5.32 Å². The number of hydrogen-bond donors (Lipinski definition) is 4. The van der Waals surface area contributed by atoms with E-state index in [1.807, 2.05) is 0 Å². The Hall–Kier alpha value is -1.22. The highest BCUT2D eigenvalue weighted by atomic mass is 32.2. The Morgan fingerprint density at radius 1 is 0.500 bits per heavy atom. The summed E-state index contributed by atoms with van der Waals surface area (Å²) in [6, 6.07) is -1.23. The highest BCUT2D eigenvalue weighted by molar-refractivity contribution is 7.85. The Morgan fingerprint density at radius 3 is 1.17 bits per heavy atom. The smallest absolute Gasteiger partial charge is 0.267 e. The zero-order valence-corrected chi connectivity index (χ0v) is 36.3. The van der Waals surface area contributed by atoms with E-state index in [-0.39, 0.29) is 6.42 Å². The molecule has 0 aliphatic carbocycles. The molecule has 0 heterocycles. The van der Waals surface area contributed by atoms with Gasteiger partial charge >= 0.3 is 0 Å². The molecule has 0 aliphatic heterocycles. The Balaban J connectivity index is 3.93. The summed E-state index contributed by atoms with van der Waals surface area (Å²) in [6.45, 7) is 4.53. The van der Waals surface area contributed by atoms with Crippen LogP contribution in [0.5, 0.6) is 0 Å². The van der Waals surface area contributed by atoms with Gasteiger partial charge in [0.1, 0.15) is 6.10 Å². The van der Waals surface area contributed by atoms with Crippen molar-refractivity contribution in [2.75, 3.05) is 5.75 Å². The molecule has 0 aromatic rings. The van der Waals surface area contributed by atoms with Crippen molar-refractivity contribution in [2.24, 2.45) is 0 Å². The molecule has 0 rings (SSSR count). The summed E-state index contributed by atoms with van der Waals surface area (Å²) in [5.41, 5.74) is 0. The Bertz CT molecular complexity index is 968. The average molecular weight is 784 g/mol. The highest BCUT2D eigenvalue weighted by Gasteiger charge is 2.27. The number of nitrogens with one attached hydrogen (secondary N) is 1. The van der Waals surface area contributed by atoms with Gasteiger partial charge < -0.3 is 15.5 Å². The third-order valence-electron chi connectivity index (χ3n) is 10.7. The third-order valence-corrected chi connectivity index (χ3v) is 11.5. The van der Waals surface area contributed by atoms with Gasteiger partial charge in [0.25, 0.3) is 10.1 Å². The molecule has 0 saturated carbocycles. The van der Waals surface area contributed by atoms with Crippen molar-refractivity contribution in [3.8, 4) is 0 Å². The fourth-order valence-electron chi connectivity index (χ4n) is 7.16. The van der Waals surface area contributed by atoms with Crippen LogP contribution in [0, 0.1) is 0 Å². The van der Waals surface area contributed by atoms with E-state index in [9.17, 15) is 28.0 Å². The Labute approximate surface area is 335 Å². The number of rotatable bonds is 42. The first-order chi connectivity index (χ1) is 26.2. The largest absolute Gasteiger partial charge is 0.387 e. The highest BCUT2D eigenvalue weighted by Crippen LogP contribution is 2.16. The third kappa shape index (κ3) is 39.0. The van der Waals surface area contributed by atoms with Gasteiger partial charge in [0.15, 0.2) is 0 Å². The predicted octanol–water partition coefficient (Wildman–Crippen LogP) is 12.9. The summed E-state index contributed by atoms with van der Waals surface area (Å²) >= 11 is 0.